The van der Waals surface area contributed by atoms with Crippen LogP contribution in [0.15, 0.2) is 76.3 Å². The van der Waals surface area contributed by atoms with Gasteiger partial charge in [0, 0.05) is 30.3 Å². The van der Waals surface area contributed by atoms with E-state index >= 15 is 0 Å². The highest BCUT2D eigenvalue weighted by molar-refractivity contribution is 6.19. The lowest BCUT2D eigenvalue weighted by atomic mass is 10.0. The van der Waals surface area contributed by atoms with Gasteiger partial charge in [-0.3, -0.25) is 4.79 Å². The van der Waals surface area contributed by atoms with Gasteiger partial charge in [0.2, 0.25) is 6.17 Å². The zero-order valence-electron chi connectivity index (χ0n) is 19.6. The second kappa shape index (κ2) is 9.78. The monoisotopic (exact) mass is 499 g/mol. The first-order valence-corrected chi connectivity index (χ1v) is 11.8. The molecule has 2 aromatic carbocycles. The predicted octanol–water partition coefficient (Wildman–Crippen LogP) is 3.34. The van der Waals surface area contributed by atoms with E-state index < -0.39 is 17.9 Å². The molecule has 0 saturated carbocycles. The number of anilines is 3. The van der Waals surface area contributed by atoms with E-state index in [1.807, 2.05) is 59.5 Å². The van der Waals surface area contributed by atoms with Gasteiger partial charge in [0.05, 0.1) is 36.5 Å². The number of fused-ring (bicyclic) bond motifs is 1. The second-order valence-electron chi connectivity index (χ2n) is 8.46. The number of amides is 1. The summed E-state index contributed by atoms with van der Waals surface area (Å²) in [6, 6.07) is 18.3. The van der Waals surface area contributed by atoms with E-state index in [2.05, 4.69) is 30.8 Å². The summed E-state index contributed by atoms with van der Waals surface area (Å²) < 4.78 is 25.9. The van der Waals surface area contributed by atoms with E-state index in [4.69, 9.17) is 9.15 Å². The average Bonchev–Trinajstić information content (AvgIpc) is 3.35. The Morgan fingerprint density at radius 2 is 1.81 bits per heavy atom. The fourth-order valence-corrected chi connectivity index (χ4v) is 4.25. The van der Waals surface area contributed by atoms with E-state index in [0.29, 0.717) is 43.4 Å². The third-order valence-corrected chi connectivity index (χ3v) is 6.08. The molecule has 186 valence electrons. The molecule has 0 aliphatic carbocycles. The van der Waals surface area contributed by atoms with E-state index in [1.165, 1.54) is 6.07 Å². The van der Waals surface area contributed by atoms with Crippen molar-refractivity contribution in [1.29, 1.82) is 0 Å². The Balaban J connectivity index is 1.27. The van der Waals surface area contributed by atoms with E-state index in [1.54, 1.807) is 6.20 Å². The van der Waals surface area contributed by atoms with Crippen LogP contribution in [0.2, 0.25) is 0 Å². The number of aliphatic imine (C=N–C) groups is 1. The number of benzene rings is 2. The SMILES string of the molecule is O=C1Nc2ccccc2C(c2ccccc2)=NC1Nc1nnc(-c2ncc(N3CCOCC3)cc2F)o1. The Hall–Kier alpha value is -4.64. The maximum absolute atomic E-state index is 14.9. The molecule has 37 heavy (non-hydrogen) atoms. The molecule has 10 nitrogen and oxygen atoms in total. The number of carbonyl (C=O) groups is 1. The van der Waals surface area contributed by atoms with Crippen LogP contribution in [-0.4, -0.2) is 59.3 Å². The summed E-state index contributed by atoms with van der Waals surface area (Å²) in [4.78, 5) is 23.9. The van der Waals surface area contributed by atoms with Crippen LogP contribution in [-0.2, 0) is 9.53 Å². The molecule has 4 aromatic rings. The average molecular weight is 500 g/mol. The molecule has 0 radical (unpaired) electrons. The highest BCUT2D eigenvalue weighted by atomic mass is 19.1. The summed E-state index contributed by atoms with van der Waals surface area (Å²) in [7, 11) is 0. The second-order valence-corrected chi connectivity index (χ2v) is 8.46. The van der Waals surface area contributed by atoms with Crippen LogP contribution in [0.1, 0.15) is 11.1 Å². The van der Waals surface area contributed by atoms with Gasteiger partial charge in [-0.25, -0.2) is 14.4 Å². The maximum Gasteiger partial charge on any atom is 0.317 e. The molecule has 4 heterocycles. The first-order chi connectivity index (χ1) is 18.2. The molecule has 0 spiro atoms. The summed E-state index contributed by atoms with van der Waals surface area (Å²) in [6.45, 7) is 2.48. The molecule has 11 heteroatoms. The molecule has 0 bridgehead atoms. The number of rotatable bonds is 5. The molecule has 6 rings (SSSR count). The summed E-state index contributed by atoms with van der Waals surface area (Å²) in [5, 5.41) is 13.6. The number of aromatic nitrogens is 3. The van der Waals surface area contributed by atoms with E-state index in [0.717, 1.165) is 11.1 Å². The highest BCUT2D eigenvalue weighted by Gasteiger charge is 2.27. The molecule has 2 aliphatic rings. The number of ether oxygens (including phenoxy) is 1. The Bertz CT molecular complexity index is 1470. The number of carbonyl (C=O) groups excluding carboxylic acids is 1. The van der Waals surface area contributed by atoms with Crippen molar-refractivity contribution < 1.29 is 18.3 Å². The Kier molecular flexibility index (Phi) is 6.03. The molecular formula is C26H22FN7O3. The Morgan fingerprint density at radius 3 is 2.62 bits per heavy atom. The van der Waals surface area contributed by atoms with Crippen molar-refractivity contribution in [3.8, 4) is 11.6 Å². The van der Waals surface area contributed by atoms with Crippen molar-refractivity contribution in [2.24, 2.45) is 4.99 Å². The zero-order chi connectivity index (χ0) is 25.2. The largest absolute Gasteiger partial charge is 0.402 e. The first-order valence-electron chi connectivity index (χ1n) is 11.8. The minimum Gasteiger partial charge on any atom is -0.402 e. The Labute approximate surface area is 211 Å². The van der Waals surface area contributed by atoms with Gasteiger partial charge >= 0.3 is 6.01 Å². The van der Waals surface area contributed by atoms with Gasteiger partial charge in [-0.1, -0.05) is 53.6 Å². The molecule has 1 saturated heterocycles. The van der Waals surface area contributed by atoms with Crippen molar-refractivity contribution >= 4 is 29.0 Å². The fraction of sp³-hybridized carbons (Fsp3) is 0.192. The van der Waals surface area contributed by atoms with Gasteiger partial charge in [0.25, 0.3) is 11.8 Å². The summed E-state index contributed by atoms with van der Waals surface area (Å²) >= 11 is 0. The number of hydrogen-bond donors (Lipinski definition) is 2. The molecular weight excluding hydrogens is 477 g/mol. The number of morpholine rings is 1. The number of nitrogens with one attached hydrogen (secondary N) is 2. The van der Waals surface area contributed by atoms with Crippen LogP contribution in [0.4, 0.5) is 21.8 Å². The fourth-order valence-electron chi connectivity index (χ4n) is 4.25. The minimum absolute atomic E-state index is 0.0799. The van der Waals surface area contributed by atoms with Crippen LogP contribution >= 0.6 is 0 Å². The lowest BCUT2D eigenvalue weighted by Gasteiger charge is -2.28. The van der Waals surface area contributed by atoms with Crippen LogP contribution in [0.5, 0.6) is 0 Å². The third-order valence-electron chi connectivity index (χ3n) is 6.08. The van der Waals surface area contributed by atoms with Crippen LogP contribution in [0.25, 0.3) is 11.6 Å². The van der Waals surface area contributed by atoms with Crippen LogP contribution in [0.3, 0.4) is 0 Å². The molecule has 2 aliphatic heterocycles. The maximum atomic E-state index is 14.9. The Morgan fingerprint density at radius 1 is 1.03 bits per heavy atom. The van der Waals surface area contributed by atoms with Crippen molar-refractivity contribution in [3.63, 3.8) is 0 Å². The van der Waals surface area contributed by atoms with Gasteiger partial charge in [-0.05, 0) is 6.07 Å². The van der Waals surface area contributed by atoms with Gasteiger partial charge in [0.1, 0.15) is 0 Å². The zero-order valence-corrected chi connectivity index (χ0v) is 19.6. The summed E-state index contributed by atoms with van der Waals surface area (Å²) in [5.41, 5.74) is 3.46. The first kappa shape index (κ1) is 22.8. The lowest BCUT2D eigenvalue weighted by molar-refractivity contribution is -0.116. The topological polar surface area (TPSA) is 118 Å². The standard InChI is InChI=1S/C26H22FN7O3/c27-19-14-17(34-10-12-36-13-11-34)15-28-22(19)25-32-33-26(37-25)31-23-24(35)29-20-9-5-4-8-18(20)21(30-23)16-6-2-1-3-7-16/h1-9,14-15,23H,10-13H2,(H,29,35)(H,31,33). The molecule has 1 fully saturated rings. The number of hydrogen-bond acceptors (Lipinski definition) is 9. The molecule has 1 amide bonds. The van der Waals surface area contributed by atoms with Crippen LogP contribution in [0, 0.1) is 5.82 Å². The number of benzodiazepines with no additional fused rings is 1. The van der Waals surface area contributed by atoms with Gasteiger partial charge in [-0.15, -0.1) is 5.10 Å². The van der Waals surface area contributed by atoms with Crippen molar-refractivity contribution in [2.45, 2.75) is 6.17 Å². The normalized spacial score (nSPS) is 17.4. The summed E-state index contributed by atoms with van der Waals surface area (Å²) in [6.07, 6.45) is 0.491. The third kappa shape index (κ3) is 4.64. The molecule has 2 aromatic heterocycles. The minimum atomic E-state index is -1.07. The van der Waals surface area contributed by atoms with E-state index in [9.17, 15) is 9.18 Å². The molecule has 2 N–H and O–H groups in total. The number of nitrogens with zero attached hydrogens (tertiary/aromatic N) is 5. The smallest absolute Gasteiger partial charge is 0.317 e. The van der Waals surface area contributed by atoms with Crippen molar-refractivity contribution in [2.75, 3.05) is 41.8 Å². The quantitative estimate of drug-likeness (QED) is 0.429. The number of halogens is 1. The van der Waals surface area contributed by atoms with E-state index in [-0.39, 0.29) is 17.6 Å². The molecule has 1 atom stereocenters. The van der Waals surface area contributed by atoms with Gasteiger partial charge < -0.3 is 24.7 Å². The number of pyridine rings is 1. The van der Waals surface area contributed by atoms with Crippen molar-refractivity contribution in [1.82, 2.24) is 15.2 Å². The van der Waals surface area contributed by atoms with Crippen LogP contribution < -0.4 is 15.5 Å². The lowest BCUT2D eigenvalue weighted by Crippen LogP contribution is -2.36. The van der Waals surface area contributed by atoms with Crippen molar-refractivity contribution in [3.05, 3.63) is 83.8 Å². The molecule has 1 unspecified atom stereocenters. The summed E-state index contributed by atoms with van der Waals surface area (Å²) in [5.74, 6) is -1.11. The predicted molar refractivity (Wildman–Crippen MR) is 135 cm³/mol. The van der Waals surface area contributed by atoms with Gasteiger partial charge in [-0.2, -0.15) is 0 Å². The highest BCUT2D eigenvalue weighted by Crippen LogP contribution is 2.27. The van der Waals surface area contributed by atoms with Gasteiger partial charge in [0.15, 0.2) is 11.5 Å². The number of para-hydroxylation sites is 1.